The van der Waals surface area contributed by atoms with Crippen LogP contribution in [0.15, 0.2) is 40.9 Å². The van der Waals surface area contributed by atoms with E-state index in [1.807, 2.05) is 0 Å². The highest BCUT2D eigenvalue weighted by Gasteiger charge is 2.13. The Morgan fingerprint density at radius 3 is 2.64 bits per heavy atom. The van der Waals surface area contributed by atoms with Crippen LogP contribution in [0.5, 0.6) is 0 Å². The molecule has 2 heterocycles. The van der Waals surface area contributed by atoms with Crippen molar-refractivity contribution in [2.24, 2.45) is 7.05 Å². The van der Waals surface area contributed by atoms with Crippen LogP contribution in [-0.2, 0) is 7.05 Å². The van der Waals surface area contributed by atoms with Crippen LogP contribution < -0.4 is 10.6 Å². The number of amides is 2. The van der Waals surface area contributed by atoms with Gasteiger partial charge in [-0.1, -0.05) is 5.10 Å². The van der Waals surface area contributed by atoms with Gasteiger partial charge in [0.25, 0.3) is 5.89 Å². The van der Waals surface area contributed by atoms with Crippen LogP contribution >= 0.6 is 0 Å². The zero-order valence-electron chi connectivity index (χ0n) is 11.4. The number of nitrogens with one attached hydrogen (secondary N) is 2. The Morgan fingerprint density at radius 1 is 1.18 bits per heavy atom. The number of hydrogen-bond donors (Lipinski definition) is 2. The minimum Gasteiger partial charge on any atom is -0.401 e. The third-order valence-electron chi connectivity index (χ3n) is 2.68. The van der Waals surface area contributed by atoms with Crippen molar-refractivity contribution in [3.63, 3.8) is 0 Å². The summed E-state index contributed by atoms with van der Waals surface area (Å²) in [6, 6.07) is 6.39. The van der Waals surface area contributed by atoms with Crippen molar-refractivity contribution >= 4 is 17.7 Å². The Bertz CT molecular complexity index is 795. The number of carbonyl (C=O) groups excluding carboxylic acids is 1. The van der Waals surface area contributed by atoms with E-state index in [9.17, 15) is 9.18 Å². The van der Waals surface area contributed by atoms with Crippen molar-refractivity contribution in [3.05, 3.63) is 42.3 Å². The largest absolute Gasteiger partial charge is 0.401 e. The van der Waals surface area contributed by atoms with Crippen molar-refractivity contribution in [1.82, 2.24) is 20.0 Å². The van der Waals surface area contributed by atoms with Gasteiger partial charge in [0.2, 0.25) is 0 Å². The van der Waals surface area contributed by atoms with Gasteiger partial charge in [-0.2, -0.15) is 5.10 Å². The molecular formula is C13H11FN6O2. The Balaban J connectivity index is 1.64. The smallest absolute Gasteiger partial charge is 0.327 e. The molecule has 112 valence electrons. The molecule has 0 aliphatic rings. The standard InChI is InChI=1S/C13H11FN6O2/c1-20-7-6-10(19-20)11-17-18-13(22-11)16-12(21)15-9-4-2-8(14)3-5-9/h2-7H,1H3,(H2,15,16,18,21). The van der Waals surface area contributed by atoms with Gasteiger partial charge in [0.05, 0.1) is 0 Å². The zero-order valence-corrected chi connectivity index (χ0v) is 11.4. The second-order valence-electron chi connectivity index (χ2n) is 4.37. The van der Waals surface area contributed by atoms with E-state index < -0.39 is 6.03 Å². The molecule has 2 aromatic heterocycles. The van der Waals surface area contributed by atoms with Crippen LogP contribution in [0.25, 0.3) is 11.6 Å². The first-order valence-electron chi connectivity index (χ1n) is 6.27. The Kier molecular flexibility index (Phi) is 3.52. The molecule has 0 bridgehead atoms. The number of rotatable bonds is 3. The Hall–Kier alpha value is -3.23. The zero-order chi connectivity index (χ0) is 15.5. The normalized spacial score (nSPS) is 10.5. The molecule has 2 N–H and O–H groups in total. The first kappa shape index (κ1) is 13.7. The van der Waals surface area contributed by atoms with E-state index in [0.29, 0.717) is 11.4 Å². The molecule has 0 saturated heterocycles. The third-order valence-corrected chi connectivity index (χ3v) is 2.68. The molecule has 0 aliphatic heterocycles. The molecule has 3 rings (SSSR count). The SMILES string of the molecule is Cn1ccc(-c2nnc(NC(=O)Nc3ccc(F)cc3)o2)n1. The van der Waals surface area contributed by atoms with Gasteiger partial charge in [-0.15, -0.1) is 5.10 Å². The molecule has 0 radical (unpaired) electrons. The maximum Gasteiger partial charge on any atom is 0.327 e. The summed E-state index contributed by atoms with van der Waals surface area (Å²) in [4.78, 5) is 11.8. The van der Waals surface area contributed by atoms with Crippen molar-refractivity contribution in [2.75, 3.05) is 10.6 Å². The summed E-state index contributed by atoms with van der Waals surface area (Å²) in [6.07, 6.45) is 1.73. The number of halogens is 1. The lowest BCUT2D eigenvalue weighted by atomic mass is 10.3. The Morgan fingerprint density at radius 2 is 1.95 bits per heavy atom. The molecule has 0 saturated carbocycles. The van der Waals surface area contributed by atoms with E-state index in [1.165, 1.54) is 24.3 Å². The minimum absolute atomic E-state index is 0.0692. The number of benzene rings is 1. The van der Waals surface area contributed by atoms with Crippen LogP contribution in [0.3, 0.4) is 0 Å². The molecule has 0 unspecified atom stereocenters. The molecule has 0 atom stereocenters. The van der Waals surface area contributed by atoms with Gasteiger partial charge in [-0.3, -0.25) is 10.00 Å². The van der Waals surface area contributed by atoms with E-state index in [-0.39, 0.29) is 17.7 Å². The first-order valence-corrected chi connectivity index (χ1v) is 6.27. The van der Waals surface area contributed by atoms with Crippen LogP contribution in [0.1, 0.15) is 0 Å². The van der Waals surface area contributed by atoms with Crippen LogP contribution in [0.4, 0.5) is 20.9 Å². The molecule has 22 heavy (non-hydrogen) atoms. The second kappa shape index (κ2) is 5.64. The summed E-state index contributed by atoms with van der Waals surface area (Å²) < 4.78 is 19.6. The van der Waals surface area contributed by atoms with E-state index >= 15 is 0 Å². The van der Waals surface area contributed by atoms with Gasteiger partial charge < -0.3 is 9.73 Å². The number of anilines is 2. The minimum atomic E-state index is -0.581. The van der Waals surface area contributed by atoms with Crippen molar-refractivity contribution in [2.45, 2.75) is 0 Å². The average Bonchev–Trinajstić information content (AvgIpc) is 3.10. The predicted molar refractivity (Wildman–Crippen MR) is 75.5 cm³/mol. The summed E-state index contributed by atoms with van der Waals surface area (Å²) in [5.41, 5.74) is 0.936. The molecule has 0 fully saturated rings. The number of nitrogens with zero attached hydrogens (tertiary/aromatic N) is 4. The summed E-state index contributed by atoms with van der Waals surface area (Å²) in [7, 11) is 1.76. The molecule has 0 aliphatic carbocycles. The topological polar surface area (TPSA) is 97.9 Å². The van der Waals surface area contributed by atoms with Gasteiger partial charge in [0.1, 0.15) is 11.5 Å². The predicted octanol–water partition coefficient (Wildman–Crippen LogP) is 2.25. The molecule has 0 spiro atoms. The molecular weight excluding hydrogens is 291 g/mol. The number of aryl methyl sites for hydroxylation is 1. The van der Waals surface area contributed by atoms with E-state index in [2.05, 4.69) is 25.9 Å². The van der Waals surface area contributed by atoms with Gasteiger partial charge >= 0.3 is 12.0 Å². The van der Waals surface area contributed by atoms with E-state index in [0.717, 1.165) is 0 Å². The van der Waals surface area contributed by atoms with Crippen LogP contribution in [-0.4, -0.2) is 26.0 Å². The molecule has 8 nitrogen and oxygen atoms in total. The van der Waals surface area contributed by atoms with Crippen LogP contribution in [0, 0.1) is 5.82 Å². The van der Waals surface area contributed by atoms with Crippen LogP contribution in [0.2, 0.25) is 0 Å². The first-order chi connectivity index (χ1) is 10.6. The highest BCUT2D eigenvalue weighted by Crippen LogP contribution is 2.17. The lowest BCUT2D eigenvalue weighted by Crippen LogP contribution is -2.19. The highest BCUT2D eigenvalue weighted by atomic mass is 19.1. The highest BCUT2D eigenvalue weighted by molar-refractivity contribution is 5.98. The fourth-order valence-corrected chi connectivity index (χ4v) is 1.70. The van der Waals surface area contributed by atoms with E-state index in [4.69, 9.17) is 4.42 Å². The fraction of sp³-hybridized carbons (Fsp3) is 0.0769. The fourth-order valence-electron chi connectivity index (χ4n) is 1.70. The monoisotopic (exact) mass is 302 g/mol. The molecule has 1 aromatic carbocycles. The maximum atomic E-state index is 12.8. The summed E-state index contributed by atoms with van der Waals surface area (Å²) in [5, 5.41) is 16.5. The maximum absolute atomic E-state index is 12.8. The van der Waals surface area contributed by atoms with Crippen molar-refractivity contribution in [3.8, 4) is 11.6 Å². The summed E-state index contributed by atoms with van der Waals surface area (Å²) >= 11 is 0. The van der Waals surface area contributed by atoms with Crippen molar-refractivity contribution < 1.29 is 13.6 Å². The summed E-state index contributed by atoms with van der Waals surface area (Å²) in [6.45, 7) is 0. The third kappa shape index (κ3) is 3.08. The second-order valence-corrected chi connectivity index (χ2v) is 4.37. The number of carbonyl (C=O) groups is 1. The average molecular weight is 302 g/mol. The molecule has 9 heteroatoms. The molecule has 2 amide bonds. The summed E-state index contributed by atoms with van der Waals surface area (Å²) in [5.74, 6) is -0.194. The van der Waals surface area contributed by atoms with Crippen molar-refractivity contribution in [1.29, 1.82) is 0 Å². The lowest BCUT2D eigenvalue weighted by Gasteiger charge is -2.03. The van der Waals surface area contributed by atoms with Gasteiger partial charge in [-0.05, 0) is 30.3 Å². The lowest BCUT2D eigenvalue weighted by molar-refractivity contribution is 0.261. The van der Waals surface area contributed by atoms with E-state index in [1.54, 1.807) is 24.0 Å². The van der Waals surface area contributed by atoms with Gasteiger partial charge in [0, 0.05) is 18.9 Å². The Labute approximate surface area is 124 Å². The number of hydrogen-bond acceptors (Lipinski definition) is 5. The van der Waals surface area contributed by atoms with Gasteiger partial charge in [0.15, 0.2) is 0 Å². The number of urea groups is 1. The quantitative estimate of drug-likeness (QED) is 0.773. The van der Waals surface area contributed by atoms with Gasteiger partial charge in [-0.25, -0.2) is 9.18 Å². The number of aromatic nitrogens is 4. The molecule has 3 aromatic rings.